The second-order valence-electron chi connectivity index (χ2n) is 16.2. The van der Waals surface area contributed by atoms with Crippen LogP contribution in [0.3, 0.4) is 0 Å². The number of anilines is 3. The zero-order valence-corrected chi connectivity index (χ0v) is 31.7. The van der Waals surface area contributed by atoms with Gasteiger partial charge in [0, 0.05) is 22.5 Å². The normalized spacial score (nSPS) is 14.5. The van der Waals surface area contributed by atoms with Crippen LogP contribution in [0.1, 0.15) is 58.4 Å². The van der Waals surface area contributed by atoms with Crippen LogP contribution in [0.5, 0.6) is 0 Å². The van der Waals surface area contributed by atoms with E-state index in [1.165, 1.54) is 89.0 Å². The Morgan fingerprint density at radius 3 is 1.29 bits per heavy atom. The van der Waals surface area contributed by atoms with E-state index >= 15 is 0 Å². The quantitative estimate of drug-likeness (QED) is 0.176. The molecule has 1 nitrogen and oxygen atoms in total. The Kier molecular flexibility index (Phi) is 6.72. The van der Waals surface area contributed by atoms with E-state index < -0.39 is 5.41 Å². The lowest BCUT2D eigenvalue weighted by Gasteiger charge is -2.32. The van der Waals surface area contributed by atoms with Crippen LogP contribution in [0.2, 0.25) is 0 Å². The lowest BCUT2D eigenvalue weighted by molar-refractivity contribution is 0.660. The molecule has 0 bridgehead atoms. The van der Waals surface area contributed by atoms with Gasteiger partial charge in [0.1, 0.15) is 0 Å². The molecule has 0 heterocycles. The minimum atomic E-state index is -0.410. The van der Waals surface area contributed by atoms with Gasteiger partial charge in [-0.25, -0.2) is 0 Å². The lowest BCUT2D eigenvalue weighted by atomic mass is 9.70. The van der Waals surface area contributed by atoms with Gasteiger partial charge in [-0.05, 0) is 139 Å². The maximum absolute atomic E-state index is 2.50. The van der Waals surface area contributed by atoms with Crippen molar-refractivity contribution in [1.29, 1.82) is 0 Å². The van der Waals surface area contributed by atoms with Crippen LogP contribution in [-0.4, -0.2) is 0 Å². The van der Waals surface area contributed by atoms with E-state index in [0.717, 1.165) is 17.1 Å². The third-order valence-electron chi connectivity index (χ3n) is 13.0. The highest BCUT2D eigenvalue weighted by atomic mass is 15.1. The highest BCUT2D eigenvalue weighted by Gasteiger charge is 2.51. The summed E-state index contributed by atoms with van der Waals surface area (Å²) in [4.78, 5) is 2.49. The Morgan fingerprint density at radius 1 is 0.309 bits per heavy atom. The molecule has 0 fully saturated rings. The largest absolute Gasteiger partial charge is 0.310 e. The summed E-state index contributed by atoms with van der Waals surface area (Å²) in [7, 11) is 0. The number of benzene rings is 8. The van der Waals surface area contributed by atoms with E-state index in [9.17, 15) is 0 Å². The molecule has 0 atom stereocenters. The van der Waals surface area contributed by atoms with E-state index in [4.69, 9.17) is 0 Å². The zero-order chi connectivity index (χ0) is 37.1. The van der Waals surface area contributed by atoms with Gasteiger partial charge in [-0.15, -0.1) is 0 Å². The van der Waals surface area contributed by atoms with Crippen molar-refractivity contribution < 1.29 is 0 Å². The van der Waals surface area contributed by atoms with E-state index in [2.05, 4.69) is 209 Å². The zero-order valence-electron chi connectivity index (χ0n) is 31.7. The second kappa shape index (κ2) is 11.5. The molecule has 0 radical (unpaired) electrons. The molecule has 0 saturated heterocycles. The molecule has 0 aromatic heterocycles. The number of aryl methyl sites for hydroxylation is 2. The van der Waals surface area contributed by atoms with Crippen LogP contribution < -0.4 is 4.90 Å². The van der Waals surface area contributed by atoms with Gasteiger partial charge in [0.2, 0.25) is 0 Å². The summed E-state index contributed by atoms with van der Waals surface area (Å²) in [5.41, 5.74) is 24.2. The van der Waals surface area contributed by atoms with Crippen molar-refractivity contribution >= 4 is 17.1 Å². The van der Waals surface area contributed by atoms with E-state index in [1.54, 1.807) is 0 Å². The number of hydrogen-bond acceptors (Lipinski definition) is 1. The summed E-state index contributed by atoms with van der Waals surface area (Å²) in [5.74, 6) is 0. The molecule has 0 saturated carbocycles. The Hall–Kier alpha value is -6.44. The summed E-state index contributed by atoms with van der Waals surface area (Å²) in [6.45, 7) is 9.18. The third kappa shape index (κ3) is 4.30. The Morgan fingerprint density at radius 2 is 0.709 bits per heavy atom. The first-order chi connectivity index (χ1) is 26.9. The molecule has 55 heavy (non-hydrogen) atoms. The first kappa shape index (κ1) is 32.0. The fourth-order valence-electron chi connectivity index (χ4n) is 10.5. The second-order valence-corrected chi connectivity index (χ2v) is 16.2. The van der Waals surface area contributed by atoms with Crippen LogP contribution >= 0.6 is 0 Å². The number of nitrogens with zero attached hydrogens (tertiary/aromatic N) is 1. The summed E-state index contributed by atoms with van der Waals surface area (Å²) >= 11 is 0. The summed E-state index contributed by atoms with van der Waals surface area (Å²) < 4.78 is 0. The molecule has 8 aromatic rings. The summed E-state index contributed by atoms with van der Waals surface area (Å²) in [6.07, 6.45) is 0. The monoisotopic (exact) mass is 703 g/mol. The van der Waals surface area contributed by atoms with Gasteiger partial charge < -0.3 is 4.90 Å². The van der Waals surface area contributed by atoms with Crippen molar-refractivity contribution in [1.82, 2.24) is 0 Å². The minimum Gasteiger partial charge on any atom is -0.310 e. The predicted octanol–water partition coefficient (Wildman–Crippen LogP) is 14.1. The van der Waals surface area contributed by atoms with E-state index in [0.29, 0.717) is 0 Å². The first-order valence-electron chi connectivity index (χ1n) is 19.5. The number of rotatable bonds is 4. The molecule has 11 rings (SSSR count). The molecule has 1 heteroatoms. The molecule has 262 valence electrons. The molecule has 0 N–H and O–H groups in total. The fraction of sp³-hybridized carbons (Fsp3) is 0.111. The van der Waals surface area contributed by atoms with Gasteiger partial charge in [-0.1, -0.05) is 153 Å². The maximum Gasteiger partial charge on any atom is 0.0726 e. The topological polar surface area (TPSA) is 3.24 Å². The minimum absolute atomic E-state index is 0.0595. The molecular weight excluding hydrogens is 663 g/mol. The van der Waals surface area contributed by atoms with Gasteiger partial charge in [0.25, 0.3) is 0 Å². The van der Waals surface area contributed by atoms with Gasteiger partial charge in [-0.3, -0.25) is 0 Å². The molecule has 0 amide bonds. The van der Waals surface area contributed by atoms with Gasteiger partial charge in [0.05, 0.1) is 5.41 Å². The smallest absolute Gasteiger partial charge is 0.0726 e. The Balaban J connectivity index is 1.17. The van der Waals surface area contributed by atoms with Gasteiger partial charge >= 0.3 is 0 Å². The van der Waals surface area contributed by atoms with Crippen molar-refractivity contribution in [2.45, 2.75) is 38.5 Å². The standard InChI is InChI=1S/C54H41N/c1-34-15-5-6-16-39(34)40-28-25-36(31-35(40)2)55(37-27-30-48-46(32-37)44-20-7-11-21-47(44)53(48,3)4)38-26-29-45-43-19-10-14-24-51(43)54(52(45)33-38)49-22-12-8-17-41(49)42-18-9-13-23-50(42)54/h5-33H,1-4H3. The molecule has 1 spiro atoms. The predicted molar refractivity (Wildman–Crippen MR) is 230 cm³/mol. The summed E-state index contributed by atoms with van der Waals surface area (Å²) in [5, 5.41) is 0. The van der Waals surface area contributed by atoms with Crippen LogP contribution in [0, 0.1) is 13.8 Å². The molecule has 8 aromatic carbocycles. The number of hydrogen-bond donors (Lipinski definition) is 0. The van der Waals surface area contributed by atoms with E-state index in [1.807, 2.05) is 0 Å². The van der Waals surface area contributed by atoms with Crippen molar-refractivity contribution in [2.75, 3.05) is 4.90 Å². The van der Waals surface area contributed by atoms with Crippen LogP contribution in [0.15, 0.2) is 176 Å². The van der Waals surface area contributed by atoms with E-state index in [-0.39, 0.29) is 5.41 Å². The highest BCUT2D eigenvalue weighted by Crippen LogP contribution is 2.63. The van der Waals surface area contributed by atoms with Crippen LogP contribution in [0.25, 0.3) is 44.5 Å². The SMILES string of the molecule is Cc1ccccc1-c1ccc(N(c2ccc3c(c2)-c2ccccc2C3(C)C)c2ccc3c(c2)C2(c4ccccc4-c4ccccc42)c2ccccc2-3)cc1C. The third-order valence-corrected chi connectivity index (χ3v) is 13.0. The average Bonchev–Trinajstić information content (AvgIpc) is 3.77. The van der Waals surface area contributed by atoms with Crippen molar-refractivity contribution in [2.24, 2.45) is 0 Å². The molecule has 0 unspecified atom stereocenters. The Labute approximate surface area is 324 Å². The summed E-state index contributed by atoms with van der Waals surface area (Å²) in [6, 6.07) is 66.3. The van der Waals surface area contributed by atoms with Crippen molar-refractivity contribution in [3.8, 4) is 44.5 Å². The first-order valence-corrected chi connectivity index (χ1v) is 19.5. The average molecular weight is 704 g/mol. The van der Waals surface area contributed by atoms with Crippen LogP contribution in [0.4, 0.5) is 17.1 Å². The molecular formula is C54H41N. The number of fused-ring (bicyclic) bond motifs is 13. The molecule has 0 aliphatic heterocycles. The van der Waals surface area contributed by atoms with Crippen LogP contribution in [-0.2, 0) is 10.8 Å². The van der Waals surface area contributed by atoms with Gasteiger partial charge in [-0.2, -0.15) is 0 Å². The van der Waals surface area contributed by atoms with Crippen molar-refractivity contribution in [3.63, 3.8) is 0 Å². The Bertz CT molecular complexity index is 2820. The maximum atomic E-state index is 2.50. The lowest BCUT2D eigenvalue weighted by Crippen LogP contribution is -2.26. The fourth-order valence-corrected chi connectivity index (χ4v) is 10.5. The van der Waals surface area contributed by atoms with Gasteiger partial charge in [0.15, 0.2) is 0 Å². The highest BCUT2D eigenvalue weighted by molar-refractivity contribution is 5.97. The molecule has 3 aliphatic carbocycles. The van der Waals surface area contributed by atoms with Crippen molar-refractivity contribution in [3.05, 3.63) is 220 Å². The molecule has 3 aliphatic rings.